The monoisotopic (exact) mass is 209 g/mol. The molecule has 0 aliphatic heterocycles. The first-order valence-electron chi connectivity index (χ1n) is 5.16. The van der Waals surface area contributed by atoms with E-state index >= 15 is 0 Å². The minimum absolute atomic E-state index is 0.547. The zero-order chi connectivity index (χ0) is 10.7. The minimum Gasteiger partial charge on any atom is -0.367 e. The van der Waals surface area contributed by atoms with Gasteiger partial charge in [-0.2, -0.15) is 0 Å². The molecule has 0 radical (unpaired) electrons. The van der Waals surface area contributed by atoms with Crippen molar-refractivity contribution in [2.75, 3.05) is 4.90 Å². The summed E-state index contributed by atoms with van der Waals surface area (Å²) in [4.78, 5) is 2.42. The highest BCUT2D eigenvalue weighted by Crippen LogP contribution is 2.18. The van der Waals surface area contributed by atoms with E-state index in [0.29, 0.717) is 12.1 Å². The maximum Gasteiger partial charge on any atom is 0.0371 e. The van der Waals surface area contributed by atoms with E-state index in [1.807, 2.05) is 0 Å². The summed E-state index contributed by atoms with van der Waals surface area (Å²) < 4.78 is 0. The predicted octanol–water partition coefficient (Wildman–Crippen LogP) is 2.81. The van der Waals surface area contributed by atoms with Gasteiger partial charge in [-0.3, -0.25) is 0 Å². The highest BCUT2D eigenvalue weighted by atomic mass is 31.0. The maximum atomic E-state index is 2.71. The first-order valence-corrected chi connectivity index (χ1v) is 5.74. The standard InChI is InChI=1S/C12H20NP/c1-9(2)13(10(3)4)11-5-7-12(14)8-6-11/h5-10H,14H2,1-4H3. The van der Waals surface area contributed by atoms with Gasteiger partial charge in [0.05, 0.1) is 0 Å². The smallest absolute Gasteiger partial charge is 0.0371 e. The Morgan fingerprint density at radius 3 is 1.71 bits per heavy atom. The van der Waals surface area contributed by atoms with Gasteiger partial charge < -0.3 is 4.90 Å². The second-order valence-electron chi connectivity index (χ2n) is 4.19. The molecule has 0 N–H and O–H groups in total. The normalized spacial score (nSPS) is 11.1. The van der Waals surface area contributed by atoms with Crippen LogP contribution >= 0.6 is 9.24 Å². The van der Waals surface area contributed by atoms with Crippen molar-refractivity contribution >= 4 is 20.2 Å². The highest BCUT2D eigenvalue weighted by Gasteiger charge is 2.13. The summed E-state index contributed by atoms with van der Waals surface area (Å²) in [7, 11) is 2.71. The first kappa shape index (κ1) is 11.5. The van der Waals surface area contributed by atoms with E-state index in [1.54, 1.807) is 0 Å². The van der Waals surface area contributed by atoms with Gasteiger partial charge in [0, 0.05) is 17.8 Å². The van der Waals surface area contributed by atoms with Crippen LogP contribution < -0.4 is 10.2 Å². The zero-order valence-electron chi connectivity index (χ0n) is 9.49. The largest absolute Gasteiger partial charge is 0.367 e. The van der Waals surface area contributed by atoms with E-state index in [2.05, 4.69) is 66.1 Å². The van der Waals surface area contributed by atoms with E-state index in [9.17, 15) is 0 Å². The molecule has 0 aliphatic carbocycles. The zero-order valence-corrected chi connectivity index (χ0v) is 10.6. The van der Waals surface area contributed by atoms with Crippen molar-refractivity contribution in [1.82, 2.24) is 0 Å². The third-order valence-electron chi connectivity index (χ3n) is 2.30. The minimum atomic E-state index is 0.547. The molecule has 14 heavy (non-hydrogen) atoms. The van der Waals surface area contributed by atoms with Crippen molar-refractivity contribution in [3.05, 3.63) is 24.3 Å². The molecule has 1 atom stereocenters. The van der Waals surface area contributed by atoms with E-state index < -0.39 is 0 Å². The van der Waals surface area contributed by atoms with Gasteiger partial charge in [-0.15, -0.1) is 9.24 Å². The van der Waals surface area contributed by atoms with E-state index in [-0.39, 0.29) is 0 Å². The number of hydrogen-bond donors (Lipinski definition) is 0. The number of nitrogens with zero attached hydrogens (tertiary/aromatic N) is 1. The van der Waals surface area contributed by atoms with Crippen LogP contribution in [0, 0.1) is 0 Å². The van der Waals surface area contributed by atoms with Crippen molar-refractivity contribution in [2.24, 2.45) is 0 Å². The van der Waals surface area contributed by atoms with E-state index in [4.69, 9.17) is 0 Å². The topological polar surface area (TPSA) is 3.24 Å². The van der Waals surface area contributed by atoms with Gasteiger partial charge in [0.25, 0.3) is 0 Å². The third kappa shape index (κ3) is 2.72. The summed E-state index contributed by atoms with van der Waals surface area (Å²) in [5.41, 5.74) is 1.31. The molecule has 1 aromatic rings. The SMILES string of the molecule is CC(C)N(c1ccc(P)cc1)C(C)C. The maximum absolute atomic E-state index is 2.71. The Morgan fingerprint density at radius 2 is 1.36 bits per heavy atom. The lowest BCUT2D eigenvalue weighted by atomic mass is 10.2. The van der Waals surface area contributed by atoms with Crippen LogP contribution in [-0.4, -0.2) is 12.1 Å². The summed E-state index contributed by atoms with van der Waals surface area (Å²) in [6, 6.07) is 9.73. The first-order chi connectivity index (χ1) is 6.52. The second kappa shape index (κ2) is 4.79. The summed E-state index contributed by atoms with van der Waals surface area (Å²) >= 11 is 0. The molecule has 1 aromatic carbocycles. The van der Waals surface area contributed by atoms with Crippen LogP contribution in [0.2, 0.25) is 0 Å². The van der Waals surface area contributed by atoms with Gasteiger partial charge in [0.15, 0.2) is 0 Å². The predicted molar refractivity (Wildman–Crippen MR) is 68.5 cm³/mol. The Hall–Kier alpha value is -0.550. The van der Waals surface area contributed by atoms with Crippen LogP contribution in [0.3, 0.4) is 0 Å². The molecule has 0 amide bonds. The molecule has 2 heteroatoms. The molecular formula is C12H20NP. The average molecular weight is 209 g/mol. The summed E-state index contributed by atoms with van der Waals surface area (Å²) in [6.45, 7) is 8.92. The summed E-state index contributed by atoms with van der Waals surface area (Å²) in [5.74, 6) is 0. The van der Waals surface area contributed by atoms with Crippen LogP contribution in [0.25, 0.3) is 0 Å². The number of hydrogen-bond acceptors (Lipinski definition) is 1. The van der Waals surface area contributed by atoms with Gasteiger partial charge in [-0.1, -0.05) is 12.1 Å². The molecule has 0 bridgehead atoms. The van der Waals surface area contributed by atoms with Gasteiger partial charge in [-0.05, 0) is 45.1 Å². The van der Waals surface area contributed by atoms with Crippen LogP contribution in [0.15, 0.2) is 24.3 Å². The molecule has 0 heterocycles. The summed E-state index contributed by atoms with van der Waals surface area (Å²) in [6.07, 6.45) is 0. The van der Waals surface area contributed by atoms with Crippen molar-refractivity contribution < 1.29 is 0 Å². The Labute approximate surface area is 89.7 Å². The molecule has 1 unspecified atom stereocenters. The van der Waals surface area contributed by atoms with Crippen LogP contribution in [0.1, 0.15) is 27.7 Å². The van der Waals surface area contributed by atoms with E-state index in [0.717, 1.165) is 0 Å². The second-order valence-corrected chi connectivity index (χ2v) is 4.85. The molecule has 0 saturated carbocycles. The van der Waals surface area contributed by atoms with Crippen LogP contribution in [0.4, 0.5) is 5.69 Å². The van der Waals surface area contributed by atoms with Crippen molar-refractivity contribution in [3.8, 4) is 0 Å². The fourth-order valence-corrected chi connectivity index (χ4v) is 2.03. The van der Waals surface area contributed by atoms with Gasteiger partial charge in [0.1, 0.15) is 0 Å². The lowest BCUT2D eigenvalue weighted by Gasteiger charge is -2.33. The van der Waals surface area contributed by atoms with E-state index in [1.165, 1.54) is 11.0 Å². The molecule has 0 spiro atoms. The van der Waals surface area contributed by atoms with Crippen molar-refractivity contribution in [1.29, 1.82) is 0 Å². The fraction of sp³-hybridized carbons (Fsp3) is 0.500. The molecule has 78 valence electrons. The number of rotatable bonds is 3. The molecule has 1 rings (SSSR count). The van der Waals surface area contributed by atoms with Crippen LogP contribution in [-0.2, 0) is 0 Å². The highest BCUT2D eigenvalue weighted by molar-refractivity contribution is 7.27. The van der Waals surface area contributed by atoms with Crippen molar-refractivity contribution in [2.45, 2.75) is 39.8 Å². The van der Waals surface area contributed by atoms with Crippen molar-refractivity contribution in [3.63, 3.8) is 0 Å². The Kier molecular flexibility index (Phi) is 3.95. The number of anilines is 1. The molecule has 0 aliphatic rings. The molecule has 1 nitrogen and oxygen atoms in total. The molecule has 0 saturated heterocycles. The lowest BCUT2D eigenvalue weighted by molar-refractivity contribution is 0.608. The van der Waals surface area contributed by atoms with Gasteiger partial charge in [-0.25, -0.2) is 0 Å². The molecular weight excluding hydrogens is 189 g/mol. The number of benzene rings is 1. The Bertz CT molecular complexity index is 269. The lowest BCUT2D eigenvalue weighted by Crippen LogP contribution is -2.37. The fourth-order valence-electron chi connectivity index (χ4n) is 1.84. The van der Waals surface area contributed by atoms with Gasteiger partial charge in [0.2, 0.25) is 0 Å². The quantitative estimate of drug-likeness (QED) is 0.692. The Balaban J connectivity index is 2.94. The van der Waals surface area contributed by atoms with Gasteiger partial charge >= 0.3 is 0 Å². The van der Waals surface area contributed by atoms with Crippen LogP contribution in [0.5, 0.6) is 0 Å². The molecule has 0 fully saturated rings. The third-order valence-corrected chi connectivity index (χ3v) is 2.69. The molecule has 0 aromatic heterocycles. The average Bonchev–Trinajstić information content (AvgIpc) is 2.07. The Morgan fingerprint density at radius 1 is 0.929 bits per heavy atom. The summed E-state index contributed by atoms with van der Waals surface area (Å²) in [5, 5.41) is 1.24.